The second-order valence-electron chi connectivity index (χ2n) is 9.31. The molecule has 1 saturated heterocycles. The Morgan fingerprint density at radius 3 is 2.71 bits per heavy atom. The van der Waals surface area contributed by atoms with Gasteiger partial charge in [0.25, 0.3) is 5.56 Å². The highest BCUT2D eigenvalue weighted by Gasteiger charge is 2.19. The molecule has 1 fully saturated rings. The number of rotatable bonds is 6. The minimum Gasteiger partial charge on any atom is -0.379 e. The van der Waals surface area contributed by atoms with Gasteiger partial charge in [-0.3, -0.25) is 19.3 Å². The average Bonchev–Trinajstić information content (AvgIpc) is 3.44. The van der Waals surface area contributed by atoms with Crippen molar-refractivity contribution in [1.29, 1.82) is 0 Å². The van der Waals surface area contributed by atoms with Crippen LogP contribution in [0, 0.1) is 6.92 Å². The number of halogens is 1. The largest absolute Gasteiger partial charge is 0.379 e. The number of aromatic nitrogens is 5. The molecule has 0 saturated carbocycles. The van der Waals surface area contributed by atoms with E-state index in [1.807, 2.05) is 61.5 Å². The van der Waals surface area contributed by atoms with Crippen molar-refractivity contribution in [2.24, 2.45) is 0 Å². The van der Waals surface area contributed by atoms with Gasteiger partial charge in [0.15, 0.2) is 0 Å². The molecular formula is C29H25ClN6O2. The van der Waals surface area contributed by atoms with E-state index in [0.29, 0.717) is 41.0 Å². The molecule has 9 heteroatoms. The molecule has 0 spiro atoms. The van der Waals surface area contributed by atoms with Crippen molar-refractivity contribution >= 4 is 28.6 Å². The predicted octanol–water partition coefficient (Wildman–Crippen LogP) is 5.13. The number of hydrogen-bond donors (Lipinski definition) is 1. The molecule has 5 heterocycles. The van der Waals surface area contributed by atoms with Crippen LogP contribution in [0.2, 0.25) is 5.02 Å². The number of nitrogens with one attached hydrogen (secondary N) is 1. The fourth-order valence-electron chi connectivity index (χ4n) is 4.72. The van der Waals surface area contributed by atoms with Crippen LogP contribution in [0.15, 0.2) is 78.0 Å². The van der Waals surface area contributed by atoms with Gasteiger partial charge in [0.1, 0.15) is 5.65 Å². The summed E-state index contributed by atoms with van der Waals surface area (Å²) in [5.41, 5.74) is 4.96. The Hall–Kier alpha value is -4.14. The molecule has 8 nitrogen and oxygen atoms in total. The summed E-state index contributed by atoms with van der Waals surface area (Å²) >= 11 is 6.78. The number of ether oxygens (including phenoxy) is 1. The minimum atomic E-state index is -0.208. The summed E-state index contributed by atoms with van der Waals surface area (Å²) in [6.07, 6.45) is 6.09. The summed E-state index contributed by atoms with van der Waals surface area (Å²) in [7, 11) is 0. The van der Waals surface area contributed by atoms with Crippen molar-refractivity contribution in [2.75, 3.05) is 18.5 Å². The van der Waals surface area contributed by atoms with Gasteiger partial charge in [-0.2, -0.15) is 4.98 Å². The molecule has 1 atom stereocenters. The van der Waals surface area contributed by atoms with Crippen molar-refractivity contribution in [2.45, 2.75) is 25.9 Å². The second kappa shape index (κ2) is 10.3. The lowest BCUT2D eigenvalue weighted by atomic mass is 10.0. The van der Waals surface area contributed by atoms with Crippen LogP contribution in [0.4, 0.5) is 5.95 Å². The zero-order valence-electron chi connectivity index (χ0n) is 20.8. The fraction of sp³-hybridized carbons (Fsp3) is 0.207. The quantitative estimate of drug-likeness (QED) is 0.329. The lowest BCUT2D eigenvalue weighted by Gasteiger charge is -2.15. The molecule has 1 aliphatic rings. The lowest BCUT2D eigenvalue weighted by Crippen LogP contribution is -2.25. The maximum absolute atomic E-state index is 14.0. The number of fused-ring (bicyclic) bond motifs is 1. The molecule has 0 unspecified atom stereocenters. The van der Waals surface area contributed by atoms with E-state index < -0.39 is 0 Å². The first-order valence-electron chi connectivity index (χ1n) is 12.4. The normalized spacial score (nSPS) is 15.2. The van der Waals surface area contributed by atoms with Crippen molar-refractivity contribution in [1.82, 2.24) is 24.5 Å². The molecule has 6 rings (SSSR count). The van der Waals surface area contributed by atoms with E-state index in [-0.39, 0.29) is 18.1 Å². The number of anilines is 1. The van der Waals surface area contributed by atoms with Gasteiger partial charge < -0.3 is 10.1 Å². The predicted molar refractivity (Wildman–Crippen MR) is 148 cm³/mol. The molecule has 4 aromatic heterocycles. The molecule has 190 valence electrons. The highest BCUT2D eigenvalue weighted by molar-refractivity contribution is 6.33. The lowest BCUT2D eigenvalue weighted by molar-refractivity contribution is 0.195. The topological polar surface area (TPSA) is 94.8 Å². The Kier molecular flexibility index (Phi) is 6.57. The number of benzene rings is 1. The van der Waals surface area contributed by atoms with Crippen LogP contribution in [0.1, 0.15) is 17.7 Å². The third kappa shape index (κ3) is 4.76. The fourth-order valence-corrected chi connectivity index (χ4v) is 5.00. The molecule has 5 aromatic rings. The zero-order chi connectivity index (χ0) is 26.1. The van der Waals surface area contributed by atoms with Gasteiger partial charge in [0.2, 0.25) is 5.95 Å². The summed E-state index contributed by atoms with van der Waals surface area (Å²) in [6, 6.07) is 17.2. The molecular weight excluding hydrogens is 500 g/mol. The van der Waals surface area contributed by atoms with Gasteiger partial charge >= 0.3 is 0 Å². The smallest absolute Gasteiger partial charge is 0.260 e. The monoisotopic (exact) mass is 524 g/mol. The van der Waals surface area contributed by atoms with Crippen LogP contribution in [-0.4, -0.2) is 43.8 Å². The van der Waals surface area contributed by atoms with E-state index >= 15 is 0 Å². The van der Waals surface area contributed by atoms with Crippen LogP contribution in [0.3, 0.4) is 0 Å². The van der Waals surface area contributed by atoms with Crippen LogP contribution < -0.4 is 10.9 Å². The first-order valence-corrected chi connectivity index (χ1v) is 12.8. The van der Waals surface area contributed by atoms with Crippen molar-refractivity contribution in [3.8, 4) is 22.4 Å². The molecule has 1 N–H and O–H groups in total. The number of nitrogens with zero attached hydrogens (tertiary/aromatic N) is 5. The summed E-state index contributed by atoms with van der Waals surface area (Å²) in [5, 5.41) is 4.51. The molecule has 0 bridgehead atoms. The standard InChI is InChI=1S/C29H25ClN6O2/c1-18-5-4-11-32-26(18)19-7-8-23(25(30)14-19)24-13-20-15-33-29(34-22-9-12-38-17-22)35-27(20)36(28(24)37)16-21-6-2-3-10-31-21/h2-8,10-11,13-15,22H,9,12,16-17H2,1H3,(H,33,34,35)/t22-/m1/s1. The van der Waals surface area contributed by atoms with Gasteiger partial charge in [0.05, 0.1) is 30.6 Å². The highest BCUT2D eigenvalue weighted by atomic mass is 35.5. The van der Waals surface area contributed by atoms with Gasteiger partial charge in [-0.15, -0.1) is 0 Å². The van der Waals surface area contributed by atoms with Gasteiger partial charge in [0, 0.05) is 52.3 Å². The first-order chi connectivity index (χ1) is 18.6. The maximum atomic E-state index is 14.0. The van der Waals surface area contributed by atoms with E-state index in [9.17, 15) is 4.79 Å². The molecule has 0 amide bonds. The summed E-state index contributed by atoms with van der Waals surface area (Å²) in [4.78, 5) is 32.1. The van der Waals surface area contributed by atoms with Gasteiger partial charge in [-0.05, 0) is 49.2 Å². The molecule has 0 aliphatic carbocycles. The second-order valence-corrected chi connectivity index (χ2v) is 9.72. The Morgan fingerprint density at radius 1 is 1.05 bits per heavy atom. The average molecular weight is 525 g/mol. The highest BCUT2D eigenvalue weighted by Crippen LogP contribution is 2.32. The van der Waals surface area contributed by atoms with Gasteiger partial charge in [-0.1, -0.05) is 35.9 Å². The Labute approximate surface area is 224 Å². The summed E-state index contributed by atoms with van der Waals surface area (Å²) in [6.45, 7) is 3.58. The Balaban J connectivity index is 1.47. The minimum absolute atomic E-state index is 0.141. The van der Waals surface area contributed by atoms with E-state index in [0.717, 1.165) is 34.3 Å². The zero-order valence-corrected chi connectivity index (χ0v) is 21.5. The van der Waals surface area contributed by atoms with Crippen molar-refractivity contribution in [3.05, 3.63) is 99.8 Å². The number of aryl methyl sites for hydroxylation is 1. The van der Waals surface area contributed by atoms with Crippen LogP contribution in [-0.2, 0) is 11.3 Å². The van der Waals surface area contributed by atoms with Crippen LogP contribution in [0.5, 0.6) is 0 Å². The van der Waals surface area contributed by atoms with E-state index in [1.54, 1.807) is 23.2 Å². The molecule has 1 aliphatic heterocycles. The Morgan fingerprint density at radius 2 is 1.95 bits per heavy atom. The van der Waals surface area contributed by atoms with E-state index in [4.69, 9.17) is 21.3 Å². The third-order valence-corrected chi connectivity index (χ3v) is 6.99. The van der Waals surface area contributed by atoms with Gasteiger partial charge in [-0.25, -0.2) is 4.98 Å². The summed E-state index contributed by atoms with van der Waals surface area (Å²) in [5.74, 6) is 0.461. The third-order valence-electron chi connectivity index (χ3n) is 6.68. The molecule has 0 radical (unpaired) electrons. The molecule has 1 aromatic carbocycles. The van der Waals surface area contributed by atoms with E-state index in [1.165, 1.54) is 0 Å². The number of hydrogen-bond acceptors (Lipinski definition) is 7. The molecule has 38 heavy (non-hydrogen) atoms. The SMILES string of the molecule is Cc1cccnc1-c1ccc(-c2cc3cnc(N[C@@H]4CCOC4)nc3n(Cc3ccccn3)c2=O)c(Cl)c1. The van der Waals surface area contributed by atoms with Crippen LogP contribution in [0.25, 0.3) is 33.4 Å². The van der Waals surface area contributed by atoms with Crippen molar-refractivity contribution in [3.63, 3.8) is 0 Å². The maximum Gasteiger partial charge on any atom is 0.260 e. The number of pyridine rings is 3. The Bertz CT molecular complexity index is 1680. The first kappa shape index (κ1) is 24.2. The van der Waals surface area contributed by atoms with E-state index in [2.05, 4.69) is 20.3 Å². The van der Waals surface area contributed by atoms with Crippen LogP contribution >= 0.6 is 11.6 Å². The van der Waals surface area contributed by atoms with Crippen molar-refractivity contribution < 1.29 is 4.74 Å². The summed E-state index contributed by atoms with van der Waals surface area (Å²) < 4.78 is 7.10.